The van der Waals surface area contributed by atoms with Crippen molar-refractivity contribution in [2.45, 2.75) is 32.7 Å². The molecule has 7 nitrogen and oxygen atoms in total. The smallest absolute Gasteiger partial charge is 0.273 e. The lowest BCUT2D eigenvalue weighted by Gasteiger charge is -2.31. The Kier molecular flexibility index (Phi) is 6.26. The molecule has 1 aliphatic heterocycles. The number of nitrogens with zero attached hydrogens (tertiary/aromatic N) is 4. The van der Waals surface area contributed by atoms with Gasteiger partial charge in [-0.1, -0.05) is 24.3 Å². The van der Waals surface area contributed by atoms with Crippen LogP contribution in [0.2, 0.25) is 0 Å². The first-order valence-corrected chi connectivity index (χ1v) is 11.1. The maximum Gasteiger partial charge on any atom is 0.273 e. The standard InChI is InChI=1S/C21H23F2N5O2S/c1-2-7-24-19(29)14-4-3-8-27(11-14)21-26-18-17(31-21)20(30)28(12-25-18)10-13-5-6-15(22)16(23)9-13/h5-6,9,12,14H,2-4,7-8,10-11H2,1H3,(H,24,29). The molecule has 0 bridgehead atoms. The van der Waals surface area contributed by atoms with E-state index in [0.29, 0.717) is 34.1 Å². The predicted octanol–water partition coefficient (Wildman–Crippen LogP) is 2.92. The fourth-order valence-electron chi connectivity index (χ4n) is 3.68. The van der Waals surface area contributed by atoms with Crippen LogP contribution in [0.25, 0.3) is 10.3 Å². The van der Waals surface area contributed by atoms with Crippen LogP contribution in [-0.2, 0) is 11.3 Å². The lowest BCUT2D eigenvalue weighted by molar-refractivity contribution is -0.125. The molecule has 1 saturated heterocycles. The minimum Gasteiger partial charge on any atom is -0.356 e. The van der Waals surface area contributed by atoms with Gasteiger partial charge in [-0.05, 0) is 37.0 Å². The number of benzene rings is 1. The van der Waals surface area contributed by atoms with E-state index < -0.39 is 11.6 Å². The molecule has 1 aromatic carbocycles. The third kappa shape index (κ3) is 4.58. The minimum absolute atomic E-state index is 0.0553. The topological polar surface area (TPSA) is 80.1 Å². The number of aromatic nitrogens is 3. The van der Waals surface area contributed by atoms with E-state index in [0.717, 1.165) is 37.9 Å². The number of rotatable bonds is 6. The molecule has 1 N–H and O–H groups in total. The van der Waals surface area contributed by atoms with E-state index in [2.05, 4.69) is 15.3 Å². The molecule has 1 amide bonds. The largest absolute Gasteiger partial charge is 0.356 e. The van der Waals surface area contributed by atoms with E-state index in [4.69, 9.17) is 0 Å². The molecule has 2 aromatic heterocycles. The second-order valence-electron chi connectivity index (χ2n) is 7.65. The van der Waals surface area contributed by atoms with Crippen molar-refractivity contribution in [1.82, 2.24) is 19.9 Å². The lowest BCUT2D eigenvalue weighted by Crippen LogP contribution is -2.43. The Hall–Kier alpha value is -2.88. The third-order valence-corrected chi connectivity index (χ3v) is 6.41. The first-order chi connectivity index (χ1) is 15.0. The molecule has 3 aromatic rings. The molecule has 0 spiro atoms. The molecule has 1 atom stereocenters. The summed E-state index contributed by atoms with van der Waals surface area (Å²) < 4.78 is 28.4. The van der Waals surface area contributed by atoms with Crippen LogP contribution in [0.1, 0.15) is 31.7 Å². The number of thiazole rings is 1. The zero-order chi connectivity index (χ0) is 22.0. The molecule has 0 radical (unpaired) electrons. The number of hydrogen-bond donors (Lipinski definition) is 1. The Morgan fingerprint density at radius 1 is 1.32 bits per heavy atom. The molecule has 3 heterocycles. The number of anilines is 1. The highest BCUT2D eigenvalue weighted by Gasteiger charge is 2.27. The highest BCUT2D eigenvalue weighted by Crippen LogP contribution is 2.29. The van der Waals surface area contributed by atoms with Gasteiger partial charge in [0.05, 0.1) is 12.5 Å². The van der Waals surface area contributed by atoms with Crippen LogP contribution in [0.3, 0.4) is 0 Å². The van der Waals surface area contributed by atoms with E-state index in [1.165, 1.54) is 28.3 Å². The second-order valence-corrected chi connectivity index (χ2v) is 8.63. The van der Waals surface area contributed by atoms with Crippen LogP contribution in [0.5, 0.6) is 0 Å². The number of halogens is 2. The minimum atomic E-state index is -0.956. The number of carbonyl (C=O) groups excluding carboxylic acids is 1. The predicted molar refractivity (Wildman–Crippen MR) is 115 cm³/mol. The molecule has 31 heavy (non-hydrogen) atoms. The van der Waals surface area contributed by atoms with Gasteiger partial charge in [0.25, 0.3) is 5.56 Å². The van der Waals surface area contributed by atoms with Gasteiger partial charge < -0.3 is 10.2 Å². The Balaban J connectivity index is 1.55. The zero-order valence-electron chi connectivity index (χ0n) is 17.1. The quantitative estimate of drug-likeness (QED) is 0.629. The van der Waals surface area contributed by atoms with Gasteiger partial charge in [0, 0.05) is 19.6 Å². The van der Waals surface area contributed by atoms with Crippen LogP contribution < -0.4 is 15.8 Å². The van der Waals surface area contributed by atoms with Gasteiger partial charge >= 0.3 is 0 Å². The monoisotopic (exact) mass is 447 g/mol. The summed E-state index contributed by atoms with van der Waals surface area (Å²) >= 11 is 1.25. The van der Waals surface area contributed by atoms with Gasteiger partial charge in [0.1, 0.15) is 11.0 Å². The summed E-state index contributed by atoms with van der Waals surface area (Å²) in [5, 5.41) is 3.61. The van der Waals surface area contributed by atoms with E-state index in [9.17, 15) is 18.4 Å². The SMILES string of the molecule is CCCNC(=O)C1CCCN(c2nc3ncn(Cc4ccc(F)c(F)c4)c(=O)c3s2)C1. The molecule has 164 valence electrons. The molecule has 1 aliphatic rings. The molecule has 1 unspecified atom stereocenters. The van der Waals surface area contributed by atoms with Gasteiger partial charge in [0.2, 0.25) is 5.91 Å². The summed E-state index contributed by atoms with van der Waals surface area (Å²) in [6.07, 6.45) is 3.96. The van der Waals surface area contributed by atoms with Crippen molar-refractivity contribution in [3.8, 4) is 0 Å². The van der Waals surface area contributed by atoms with E-state index >= 15 is 0 Å². The maximum absolute atomic E-state index is 13.5. The second kappa shape index (κ2) is 9.09. The normalized spacial score (nSPS) is 16.6. The van der Waals surface area contributed by atoms with Crippen LogP contribution in [0, 0.1) is 17.6 Å². The number of carbonyl (C=O) groups is 1. The first kappa shape index (κ1) is 21.4. The highest BCUT2D eigenvalue weighted by molar-refractivity contribution is 7.22. The summed E-state index contributed by atoms with van der Waals surface area (Å²) in [6, 6.07) is 3.54. The number of hydrogen-bond acceptors (Lipinski definition) is 6. The van der Waals surface area contributed by atoms with E-state index in [1.54, 1.807) is 0 Å². The highest BCUT2D eigenvalue weighted by atomic mass is 32.1. The van der Waals surface area contributed by atoms with Crippen molar-refractivity contribution in [2.75, 3.05) is 24.5 Å². The van der Waals surface area contributed by atoms with Crippen molar-refractivity contribution in [1.29, 1.82) is 0 Å². The van der Waals surface area contributed by atoms with Gasteiger partial charge in [-0.25, -0.2) is 13.8 Å². The third-order valence-electron chi connectivity index (χ3n) is 5.32. The van der Waals surface area contributed by atoms with Crippen LogP contribution in [0.4, 0.5) is 13.9 Å². The van der Waals surface area contributed by atoms with Crippen molar-refractivity contribution in [3.63, 3.8) is 0 Å². The molecule has 10 heteroatoms. The Morgan fingerprint density at radius 2 is 2.16 bits per heavy atom. The number of amides is 1. The van der Waals surface area contributed by atoms with Crippen molar-refractivity contribution in [2.24, 2.45) is 5.92 Å². The summed E-state index contributed by atoms with van der Waals surface area (Å²) in [4.78, 5) is 36.1. The van der Waals surface area contributed by atoms with Crippen LogP contribution >= 0.6 is 11.3 Å². The van der Waals surface area contributed by atoms with Gasteiger partial charge in [-0.3, -0.25) is 14.2 Å². The summed E-state index contributed by atoms with van der Waals surface area (Å²) in [5.74, 6) is -1.94. The molecule has 0 aliphatic carbocycles. The molecule has 4 rings (SSSR count). The average Bonchev–Trinajstić information content (AvgIpc) is 3.22. The number of piperidine rings is 1. The van der Waals surface area contributed by atoms with E-state index in [1.807, 2.05) is 11.8 Å². The van der Waals surface area contributed by atoms with Crippen molar-refractivity contribution >= 4 is 32.7 Å². The van der Waals surface area contributed by atoms with E-state index in [-0.39, 0.29) is 23.9 Å². The fourth-order valence-corrected chi connectivity index (χ4v) is 4.68. The average molecular weight is 448 g/mol. The Labute approximate surface area is 181 Å². The van der Waals surface area contributed by atoms with Crippen LogP contribution in [-0.4, -0.2) is 40.1 Å². The zero-order valence-corrected chi connectivity index (χ0v) is 17.9. The van der Waals surface area contributed by atoms with Crippen LogP contribution in [0.15, 0.2) is 29.3 Å². The maximum atomic E-state index is 13.5. The number of nitrogens with one attached hydrogen (secondary N) is 1. The Bertz CT molecular complexity index is 1160. The summed E-state index contributed by atoms with van der Waals surface area (Å²) in [5.41, 5.74) is 0.528. The first-order valence-electron chi connectivity index (χ1n) is 10.3. The lowest BCUT2D eigenvalue weighted by atomic mass is 9.97. The molecule has 1 fully saturated rings. The molecular formula is C21H23F2N5O2S. The molecule has 0 saturated carbocycles. The summed E-state index contributed by atoms with van der Waals surface area (Å²) in [6.45, 7) is 4.08. The van der Waals surface area contributed by atoms with Crippen molar-refractivity contribution in [3.05, 3.63) is 52.1 Å². The Morgan fingerprint density at radius 3 is 2.94 bits per heavy atom. The van der Waals surface area contributed by atoms with Gasteiger partial charge in [0.15, 0.2) is 22.4 Å². The fraction of sp³-hybridized carbons (Fsp3) is 0.429. The summed E-state index contributed by atoms with van der Waals surface area (Å²) in [7, 11) is 0. The number of fused-ring (bicyclic) bond motifs is 1. The van der Waals surface area contributed by atoms with Crippen molar-refractivity contribution < 1.29 is 13.6 Å². The molecular weight excluding hydrogens is 424 g/mol. The van der Waals surface area contributed by atoms with Gasteiger partial charge in [-0.2, -0.15) is 4.98 Å². The van der Waals surface area contributed by atoms with Gasteiger partial charge in [-0.15, -0.1) is 0 Å².